The number of benzene rings is 2. The molecule has 0 spiro atoms. The molecule has 0 saturated heterocycles. The molecule has 6 heteroatoms. The van der Waals surface area contributed by atoms with E-state index >= 15 is 0 Å². The third kappa shape index (κ3) is 3.11. The van der Waals surface area contributed by atoms with E-state index in [0.717, 1.165) is 5.56 Å². The standard InChI is InChI=1S/C17H16N2O4/c1-22-14-8-4-2-6-12(14)10-18-16(20)11-19-13-7-3-5-9-15(13)23-17(19)21/h2-9H,10-11H2,1H3,(H,18,20). The highest BCUT2D eigenvalue weighted by atomic mass is 16.5. The molecule has 0 radical (unpaired) electrons. The number of fused-ring (bicyclic) bond motifs is 1. The molecule has 0 atom stereocenters. The summed E-state index contributed by atoms with van der Waals surface area (Å²) in [5.74, 6) is -0.109. The van der Waals surface area contributed by atoms with Crippen molar-refractivity contribution in [1.82, 2.24) is 9.88 Å². The number of carbonyl (C=O) groups is 1. The number of amides is 1. The first-order valence-corrected chi connectivity index (χ1v) is 7.16. The SMILES string of the molecule is COc1ccccc1CNC(=O)Cn1c(=O)oc2ccccc21. The Hall–Kier alpha value is -3.02. The second-order valence-electron chi connectivity index (χ2n) is 5.01. The van der Waals surface area contributed by atoms with Crippen LogP contribution >= 0.6 is 0 Å². The highest BCUT2D eigenvalue weighted by Gasteiger charge is 2.12. The van der Waals surface area contributed by atoms with Crippen molar-refractivity contribution >= 4 is 17.0 Å². The van der Waals surface area contributed by atoms with Crippen molar-refractivity contribution in [1.29, 1.82) is 0 Å². The monoisotopic (exact) mass is 312 g/mol. The zero-order valence-corrected chi connectivity index (χ0v) is 12.6. The second-order valence-corrected chi connectivity index (χ2v) is 5.01. The van der Waals surface area contributed by atoms with Crippen LogP contribution in [0.4, 0.5) is 0 Å². The maximum absolute atomic E-state index is 12.1. The molecule has 0 aliphatic rings. The molecule has 3 rings (SSSR count). The van der Waals surface area contributed by atoms with Crippen molar-refractivity contribution < 1.29 is 13.9 Å². The fourth-order valence-electron chi connectivity index (χ4n) is 2.41. The lowest BCUT2D eigenvalue weighted by Gasteiger charge is -2.09. The molecule has 1 N–H and O–H groups in total. The summed E-state index contributed by atoms with van der Waals surface area (Å²) in [6.45, 7) is 0.235. The van der Waals surface area contributed by atoms with Gasteiger partial charge < -0.3 is 14.5 Å². The Morgan fingerprint density at radius 3 is 2.74 bits per heavy atom. The molecule has 0 aliphatic heterocycles. The molecule has 1 amide bonds. The maximum Gasteiger partial charge on any atom is 0.420 e. The Kier molecular flexibility index (Phi) is 4.14. The number of carbonyl (C=O) groups excluding carboxylic acids is 1. The Labute approximate surface area is 132 Å². The lowest BCUT2D eigenvalue weighted by atomic mass is 10.2. The van der Waals surface area contributed by atoms with Crippen LogP contribution in [0.5, 0.6) is 5.75 Å². The summed E-state index contributed by atoms with van der Waals surface area (Å²) in [6.07, 6.45) is 0. The highest BCUT2D eigenvalue weighted by molar-refractivity contribution is 5.79. The van der Waals surface area contributed by atoms with Gasteiger partial charge in [-0.05, 0) is 18.2 Å². The van der Waals surface area contributed by atoms with Gasteiger partial charge in [-0.15, -0.1) is 0 Å². The molecule has 2 aromatic carbocycles. The van der Waals surface area contributed by atoms with Gasteiger partial charge in [-0.2, -0.15) is 0 Å². The van der Waals surface area contributed by atoms with E-state index in [1.165, 1.54) is 4.57 Å². The van der Waals surface area contributed by atoms with E-state index in [0.29, 0.717) is 23.4 Å². The summed E-state index contributed by atoms with van der Waals surface area (Å²) in [4.78, 5) is 24.0. The van der Waals surface area contributed by atoms with Gasteiger partial charge in [0.15, 0.2) is 5.58 Å². The van der Waals surface area contributed by atoms with E-state index in [1.54, 1.807) is 31.4 Å². The molecule has 1 aromatic heterocycles. The van der Waals surface area contributed by atoms with Crippen LogP contribution in [0, 0.1) is 0 Å². The Morgan fingerprint density at radius 1 is 1.17 bits per heavy atom. The van der Waals surface area contributed by atoms with Crippen molar-refractivity contribution in [3.63, 3.8) is 0 Å². The predicted octanol–water partition coefficient (Wildman–Crippen LogP) is 1.92. The first-order valence-electron chi connectivity index (χ1n) is 7.16. The van der Waals surface area contributed by atoms with Gasteiger partial charge in [0.25, 0.3) is 0 Å². The van der Waals surface area contributed by atoms with Crippen LogP contribution in [0.3, 0.4) is 0 Å². The van der Waals surface area contributed by atoms with E-state index in [1.807, 2.05) is 24.3 Å². The number of hydrogen-bond acceptors (Lipinski definition) is 4. The predicted molar refractivity (Wildman–Crippen MR) is 85.3 cm³/mol. The van der Waals surface area contributed by atoms with Gasteiger partial charge in [-0.3, -0.25) is 9.36 Å². The lowest BCUT2D eigenvalue weighted by molar-refractivity contribution is -0.121. The first-order chi connectivity index (χ1) is 11.2. The molecule has 1 heterocycles. The van der Waals surface area contributed by atoms with E-state index in [2.05, 4.69) is 5.32 Å². The molecule has 0 bridgehead atoms. The molecule has 118 valence electrons. The van der Waals surface area contributed by atoms with Gasteiger partial charge in [-0.25, -0.2) is 4.79 Å². The second kappa shape index (κ2) is 6.39. The Bertz CT molecular complexity index is 895. The third-order valence-corrected chi connectivity index (χ3v) is 3.54. The summed E-state index contributed by atoms with van der Waals surface area (Å²) in [6, 6.07) is 14.4. The maximum atomic E-state index is 12.1. The van der Waals surface area contributed by atoms with Crippen molar-refractivity contribution in [3.05, 3.63) is 64.6 Å². The largest absolute Gasteiger partial charge is 0.496 e. The number of nitrogens with zero attached hydrogens (tertiary/aromatic N) is 1. The van der Waals surface area contributed by atoms with Gasteiger partial charge in [-0.1, -0.05) is 30.3 Å². The number of methoxy groups -OCH3 is 1. The zero-order valence-electron chi connectivity index (χ0n) is 12.6. The number of hydrogen-bond donors (Lipinski definition) is 1. The minimum Gasteiger partial charge on any atom is -0.496 e. The minimum atomic E-state index is -0.543. The molecule has 0 saturated carbocycles. The first kappa shape index (κ1) is 14.9. The number of aromatic nitrogens is 1. The van der Waals surface area contributed by atoms with Crippen LogP contribution in [-0.2, 0) is 17.9 Å². The van der Waals surface area contributed by atoms with Gasteiger partial charge in [0.05, 0.1) is 12.6 Å². The normalized spacial score (nSPS) is 10.7. The summed E-state index contributed by atoms with van der Waals surface area (Å²) in [5.41, 5.74) is 1.94. The fraction of sp³-hybridized carbons (Fsp3) is 0.176. The lowest BCUT2D eigenvalue weighted by Crippen LogP contribution is -2.30. The molecule has 6 nitrogen and oxygen atoms in total. The number of para-hydroxylation sites is 3. The van der Waals surface area contributed by atoms with Crippen LogP contribution in [0.1, 0.15) is 5.56 Å². The Morgan fingerprint density at radius 2 is 1.91 bits per heavy atom. The molecule has 23 heavy (non-hydrogen) atoms. The van der Waals surface area contributed by atoms with Crippen LogP contribution in [0.15, 0.2) is 57.7 Å². The average molecular weight is 312 g/mol. The average Bonchev–Trinajstić information content (AvgIpc) is 2.89. The van der Waals surface area contributed by atoms with Crippen LogP contribution in [-0.4, -0.2) is 17.6 Å². The van der Waals surface area contributed by atoms with Gasteiger partial charge in [0.1, 0.15) is 12.3 Å². The summed E-state index contributed by atoms with van der Waals surface area (Å²) >= 11 is 0. The van der Waals surface area contributed by atoms with Crippen molar-refractivity contribution in [2.75, 3.05) is 7.11 Å². The number of ether oxygens (including phenoxy) is 1. The topological polar surface area (TPSA) is 73.5 Å². The molecule has 0 aliphatic carbocycles. The van der Waals surface area contributed by atoms with Gasteiger partial charge >= 0.3 is 5.76 Å². The van der Waals surface area contributed by atoms with Gasteiger partial charge in [0, 0.05) is 12.1 Å². The van der Waals surface area contributed by atoms with Gasteiger partial charge in [0.2, 0.25) is 5.91 Å². The third-order valence-electron chi connectivity index (χ3n) is 3.54. The molecule has 3 aromatic rings. The van der Waals surface area contributed by atoms with Crippen LogP contribution in [0.25, 0.3) is 11.1 Å². The summed E-state index contributed by atoms with van der Waals surface area (Å²) in [7, 11) is 1.58. The van der Waals surface area contributed by atoms with E-state index in [4.69, 9.17) is 9.15 Å². The molecule has 0 unspecified atom stereocenters. The van der Waals surface area contributed by atoms with Crippen molar-refractivity contribution in [3.8, 4) is 5.75 Å². The van der Waals surface area contributed by atoms with Crippen molar-refractivity contribution in [2.24, 2.45) is 0 Å². The summed E-state index contributed by atoms with van der Waals surface area (Å²) in [5, 5.41) is 2.78. The van der Waals surface area contributed by atoms with E-state index in [-0.39, 0.29) is 12.5 Å². The molecule has 0 fully saturated rings. The van der Waals surface area contributed by atoms with Crippen LogP contribution in [0.2, 0.25) is 0 Å². The van der Waals surface area contributed by atoms with E-state index < -0.39 is 5.76 Å². The minimum absolute atomic E-state index is 0.0923. The number of oxazole rings is 1. The fourth-order valence-corrected chi connectivity index (χ4v) is 2.41. The smallest absolute Gasteiger partial charge is 0.420 e. The quantitative estimate of drug-likeness (QED) is 0.781. The molecular formula is C17H16N2O4. The van der Waals surface area contributed by atoms with Crippen molar-refractivity contribution in [2.45, 2.75) is 13.1 Å². The van der Waals surface area contributed by atoms with Crippen LogP contribution < -0.4 is 15.8 Å². The number of rotatable bonds is 5. The van der Waals surface area contributed by atoms with E-state index in [9.17, 15) is 9.59 Å². The molecular weight excluding hydrogens is 296 g/mol. The Balaban J connectivity index is 1.72. The zero-order chi connectivity index (χ0) is 16.2. The highest BCUT2D eigenvalue weighted by Crippen LogP contribution is 2.16. The number of nitrogens with one attached hydrogen (secondary N) is 1. The summed E-state index contributed by atoms with van der Waals surface area (Å²) < 4.78 is 11.7.